The van der Waals surface area contributed by atoms with Crippen LogP contribution in [0, 0.1) is 0 Å². The van der Waals surface area contributed by atoms with Gasteiger partial charge in [0.05, 0.1) is 17.8 Å². The van der Waals surface area contributed by atoms with Crippen LogP contribution in [0.15, 0.2) is 30.5 Å². The van der Waals surface area contributed by atoms with Crippen LogP contribution in [-0.4, -0.2) is 9.78 Å². The minimum atomic E-state index is 0.667. The summed E-state index contributed by atoms with van der Waals surface area (Å²) in [6.07, 6.45) is 5.92. The van der Waals surface area contributed by atoms with E-state index in [9.17, 15) is 0 Å². The zero-order valence-corrected chi connectivity index (χ0v) is 7.48. The van der Waals surface area contributed by atoms with Crippen LogP contribution in [0.2, 0.25) is 0 Å². The lowest BCUT2D eigenvalue weighted by Gasteiger charge is -2.26. The van der Waals surface area contributed by atoms with Crippen molar-refractivity contribution < 1.29 is 0 Å². The predicted octanol–water partition coefficient (Wildman–Crippen LogP) is 2.76. The minimum Gasteiger partial charge on any atom is -0.262 e. The molecule has 0 radical (unpaired) electrons. The summed E-state index contributed by atoms with van der Waals surface area (Å²) >= 11 is 0. The zero-order valence-electron chi connectivity index (χ0n) is 7.48. The molecule has 3 rings (SSSR count). The molecule has 1 fully saturated rings. The average Bonchev–Trinajstić information content (AvgIpc) is 2.47. The highest BCUT2D eigenvalue weighted by Gasteiger charge is 2.21. The fourth-order valence-electron chi connectivity index (χ4n) is 1.91. The molecule has 0 aliphatic heterocycles. The quantitative estimate of drug-likeness (QED) is 0.646. The van der Waals surface area contributed by atoms with Crippen molar-refractivity contribution in [2.24, 2.45) is 0 Å². The molecule has 13 heavy (non-hydrogen) atoms. The molecule has 1 aromatic carbocycles. The molecule has 1 aromatic heterocycles. The van der Waals surface area contributed by atoms with E-state index in [0.29, 0.717) is 6.04 Å². The van der Waals surface area contributed by atoms with Crippen LogP contribution < -0.4 is 0 Å². The van der Waals surface area contributed by atoms with Crippen LogP contribution >= 0.6 is 0 Å². The summed E-state index contributed by atoms with van der Waals surface area (Å²) in [6.45, 7) is 0. The Morgan fingerprint density at radius 2 is 2.08 bits per heavy atom. The lowest BCUT2D eigenvalue weighted by molar-refractivity contribution is 0.297. The Morgan fingerprint density at radius 1 is 1.23 bits per heavy atom. The standard InChI is InChI=1S/C11H12N2/c1-2-7-11-9(4-1)8-12-13(11)10-5-3-6-10/h1-2,4,7-8,10H,3,5-6H2. The summed E-state index contributed by atoms with van der Waals surface area (Å²) in [5.41, 5.74) is 1.28. The highest BCUT2D eigenvalue weighted by molar-refractivity contribution is 5.78. The summed E-state index contributed by atoms with van der Waals surface area (Å²) in [7, 11) is 0. The van der Waals surface area contributed by atoms with Crippen molar-refractivity contribution in [1.82, 2.24) is 9.78 Å². The molecule has 0 saturated heterocycles. The van der Waals surface area contributed by atoms with Crippen molar-refractivity contribution in [3.63, 3.8) is 0 Å². The van der Waals surface area contributed by atoms with Gasteiger partial charge in [0.15, 0.2) is 0 Å². The lowest BCUT2D eigenvalue weighted by Crippen LogP contribution is -2.17. The first-order chi connectivity index (χ1) is 6.45. The first kappa shape index (κ1) is 7.13. The number of fused-ring (bicyclic) bond motifs is 1. The second kappa shape index (κ2) is 2.59. The van der Waals surface area contributed by atoms with Gasteiger partial charge in [0.25, 0.3) is 0 Å². The highest BCUT2D eigenvalue weighted by atomic mass is 15.3. The largest absolute Gasteiger partial charge is 0.262 e. The Hall–Kier alpha value is -1.31. The van der Waals surface area contributed by atoms with Gasteiger partial charge in [0.1, 0.15) is 0 Å². The van der Waals surface area contributed by atoms with E-state index in [1.165, 1.54) is 30.2 Å². The smallest absolute Gasteiger partial charge is 0.0685 e. The normalized spacial score (nSPS) is 17.5. The summed E-state index contributed by atoms with van der Waals surface area (Å²) in [6, 6.07) is 9.09. The van der Waals surface area contributed by atoms with Crippen molar-refractivity contribution >= 4 is 10.9 Å². The maximum Gasteiger partial charge on any atom is 0.0685 e. The van der Waals surface area contributed by atoms with Crippen molar-refractivity contribution in [3.05, 3.63) is 30.5 Å². The van der Waals surface area contributed by atoms with Crippen LogP contribution in [0.25, 0.3) is 10.9 Å². The van der Waals surface area contributed by atoms with E-state index in [-0.39, 0.29) is 0 Å². The Balaban J connectivity index is 2.17. The van der Waals surface area contributed by atoms with Gasteiger partial charge in [0.2, 0.25) is 0 Å². The van der Waals surface area contributed by atoms with Crippen molar-refractivity contribution in [1.29, 1.82) is 0 Å². The predicted molar refractivity (Wildman–Crippen MR) is 52.6 cm³/mol. The van der Waals surface area contributed by atoms with E-state index in [0.717, 1.165) is 0 Å². The molecule has 0 N–H and O–H groups in total. The topological polar surface area (TPSA) is 17.8 Å². The maximum atomic E-state index is 4.43. The number of benzene rings is 1. The summed E-state index contributed by atoms with van der Waals surface area (Å²) in [5.74, 6) is 0. The molecule has 0 bridgehead atoms. The lowest BCUT2D eigenvalue weighted by atomic mass is 9.93. The summed E-state index contributed by atoms with van der Waals surface area (Å²) in [4.78, 5) is 0. The number of nitrogens with zero attached hydrogens (tertiary/aromatic N) is 2. The van der Waals surface area contributed by atoms with Crippen LogP contribution in [0.1, 0.15) is 25.3 Å². The van der Waals surface area contributed by atoms with Crippen molar-refractivity contribution in [2.45, 2.75) is 25.3 Å². The van der Waals surface area contributed by atoms with Crippen LogP contribution in [0.3, 0.4) is 0 Å². The SMILES string of the molecule is c1ccc2c(c1)cnn2C1CCC1. The molecule has 0 spiro atoms. The molecular formula is C11H12N2. The number of rotatable bonds is 1. The third kappa shape index (κ3) is 0.981. The summed E-state index contributed by atoms with van der Waals surface area (Å²) < 4.78 is 2.18. The van der Waals surface area contributed by atoms with Gasteiger partial charge in [-0.1, -0.05) is 18.2 Å². The monoisotopic (exact) mass is 172 g/mol. The Kier molecular flexibility index (Phi) is 1.42. The second-order valence-corrected chi connectivity index (χ2v) is 3.73. The van der Waals surface area contributed by atoms with Gasteiger partial charge in [-0.2, -0.15) is 5.10 Å². The molecule has 0 amide bonds. The average molecular weight is 172 g/mol. The molecule has 66 valence electrons. The second-order valence-electron chi connectivity index (χ2n) is 3.73. The van der Waals surface area contributed by atoms with E-state index >= 15 is 0 Å². The van der Waals surface area contributed by atoms with E-state index in [4.69, 9.17) is 0 Å². The van der Waals surface area contributed by atoms with Crippen LogP contribution in [-0.2, 0) is 0 Å². The molecule has 2 nitrogen and oxygen atoms in total. The van der Waals surface area contributed by atoms with E-state index in [1.54, 1.807) is 0 Å². The third-order valence-corrected chi connectivity index (χ3v) is 2.93. The van der Waals surface area contributed by atoms with E-state index in [2.05, 4.69) is 34.0 Å². The third-order valence-electron chi connectivity index (χ3n) is 2.93. The van der Waals surface area contributed by atoms with Crippen LogP contribution in [0.4, 0.5) is 0 Å². The van der Waals surface area contributed by atoms with Gasteiger partial charge >= 0.3 is 0 Å². The molecule has 0 unspecified atom stereocenters. The minimum absolute atomic E-state index is 0.667. The molecule has 1 saturated carbocycles. The van der Waals surface area contributed by atoms with Gasteiger partial charge in [-0.15, -0.1) is 0 Å². The Bertz CT molecular complexity index is 426. The van der Waals surface area contributed by atoms with Gasteiger partial charge in [-0.25, -0.2) is 0 Å². The first-order valence-electron chi connectivity index (χ1n) is 4.87. The number of hydrogen-bond acceptors (Lipinski definition) is 1. The molecule has 0 atom stereocenters. The van der Waals surface area contributed by atoms with E-state index < -0.39 is 0 Å². The highest BCUT2D eigenvalue weighted by Crippen LogP contribution is 2.33. The van der Waals surface area contributed by atoms with Gasteiger partial charge in [0, 0.05) is 5.39 Å². The Labute approximate surface area is 77.2 Å². The Morgan fingerprint density at radius 3 is 2.85 bits per heavy atom. The number of aromatic nitrogens is 2. The molecule has 2 heteroatoms. The maximum absolute atomic E-state index is 4.43. The molecule has 1 heterocycles. The van der Waals surface area contributed by atoms with Gasteiger partial charge in [-0.3, -0.25) is 4.68 Å². The van der Waals surface area contributed by atoms with Gasteiger partial charge < -0.3 is 0 Å². The fraction of sp³-hybridized carbons (Fsp3) is 0.364. The van der Waals surface area contributed by atoms with E-state index in [1.807, 2.05) is 6.20 Å². The summed E-state index contributed by atoms with van der Waals surface area (Å²) in [5, 5.41) is 5.69. The first-order valence-corrected chi connectivity index (χ1v) is 4.87. The van der Waals surface area contributed by atoms with Crippen molar-refractivity contribution in [3.8, 4) is 0 Å². The fourth-order valence-corrected chi connectivity index (χ4v) is 1.91. The zero-order chi connectivity index (χ0) is 8.67. The number of para-hydroxylation sites is 1. The molecule has 1 aliphatic rings. The van der Waals surface area contributed by atoms with Crippen LogP contribution in [0.5, 0.6) is 0 Å². The molecule has 1 aliphatic carbocycles. The molecular weight excluding hydrogens is 160 g/mol. The number of hydrogen-bond donors (Lipinski definition) is 0. The van der Waals surface area contributed by atoms with Crippen molar-refractivity contribution in [2.75, 3.05) is 0 Å². The molecule has 2 aromatic rings. The van der Waals surface area contributed by atoms with Gasteiger partial charge in [-0.05, 0) is 25.3 Å².